The number of hydrogen-bond acceptors (Lipinski definition) is 5. The van der Waals surface area contributed by atoms with Gasteiger partial charge in [-0.3, -0.25) is 9.59 Å². The first-order valence-electron chi connectivity index (χ1n) is 9.42. The lowest BCUT2D eigenvalue weighted by Crippen LogP contribution is -2.51. The van der Waals surface area contributed by atoms with Gasteiger partial charge in [0.2, 0.25) is 10.0 Å². The molecule has 148 valence electrons. The SMILES string of the molecule is O=C(OCC(=O)N1CCN(S(=O)(=O)Cc2ccccc2)CC1)C1CCCC1. The van der Waals surface area contributed by atoms with Crippen LogP contribution in [-0.4, -0.2) is 62.3 Å². The first-order valence-corrected chi connectivity index (χ1v) is 11.0. The zero-order chi connectivity index (χ0) is 19.3. The number of esters is 1. The van der Waals surface area contributed by atoms with Gasteiger partial charge in [0.05, 0.1) is 11.7 Å². The predicted octanol–water partition coefficient (Wildman–Crippen LogP) is 1.39. The number of sulfonamides is 1. The Balaban J connectivity index is 1.45. The molecule has 1 saturated carbocycles. The van der Waals surface area contributed by atoms with E-state index in [1.54, 1.807) is 17.0 Å². The Morgan fingerprint density at radius 2 is 1.63 bits per heavy atom. The van der Waals surface area contributed by atoms with E-state index >= 15 is 0 Å². The van der Waals surface area contributed by atoms with E-state index in [4.69, 9.17) is 4.74 Å². The zero-order valence-corrected chi connectivity index (χ0v) is 16.2. The van der Waals surface area contributed by atoms with E-state index in [-0.39, 0.29) is 43.2 Å². The van der Waals surface area contributed by atoms with Crippen molar-refractivity contribution in [2.45, 2.75) is 31.4 Å². The predicted molar refractivity (Wildman–Crippen MR) is 100 cm³/mol. The zero-order valence-electron chi connectivity index (χ0n) is 15.4. The molecule has 7 nitrogen and oxygen atoms in total. The second kappa shape index (κ2) is 8.84. The molecule has 1 aliphatic carbocycles. The van der Waals surface area contributed by atoms with Gasteiger partial charge in [0.15, 0.2) is 6.61 Å². The van der Waals surface area contributed by atoms with Crippen molar-refractivity contribution in [2.24, 2.45) is 5.92 Å². The molecule has 27 heavy (non-hydrogen) atoms. The van der Waals surface area contributed by atoms with Crippen LogP contribution in [0.1, 0.15) is 31.2 Å². The van der Waals surface area contributed by atoms with Crippen LogP contribution in [-0.2, 0) is 30.1 Å². The molecule has 0 unspecified atom stereocenters. The minimum Gasteiger partial charge on any atom is -0.455 e. The fourth-order valence-corrected chi connectivity index (χ4v) is 5.11. The summed E-state index contributed by atoms with van der Waals surface area (Å²) in [6.45, 7) is 0.892. The van der Waals surface area contributed by atoms with Crippen LogP contribution in [0.15, 0.2) is 30.3 Å². The van der Waals surface area contributed by atoms with Crippen LogP contribution >= 0.6 is 0 Å². The first-order chi connectivity index (χ1) is 13.0. The number of benzene rings is 1. The van der Waals surface area contributed by atoms with Crippen molar-refractivity contribution in [3.63, 3.8) is 0 Å². The van der Waals surface area contributed by atoms with Gasteiger partial charge >= 0.3 is 5.97 Å². The van der Waals surface area contributed by atoms with E-state index in [1.165, 1.54) is 4.31 Å². The van der Waals surface area contributed by atoms with Crippen LogP contribution in [0.25, 0.3) is 0 Å². The highest BCUT2D eigenvalue weighted by atomic mass is 32.2. The van der Waals surface area contributed by atoms with Crippen LogP contribution in [0.3, 0.4) is 0 Å². The summed E-state index contributed by atoms with van der Waals surface area (Å²) in [5, 5.41) is 0. The topological polar surface area (TPSA) is 84.0 Å². The molecule has 1 heterocycles. The van der Waals surface area contributed by atoms with Crippen molar-refractivity contribution in [3.8, 4) is 0 Å². The Labute approximate surface area is 160 Å². The van der Waals surface area contributed by atoms with Crippen LogP contribution in [0.5, 0.6) is 0 Å². The maximum absolute atomic E-state index is 12.5. The summed E-state index contributed by atoms with van der Waals surface area (Å²) >= 11 is 0. The number of ether oxygens (including phenoxy) is 1. The molecular weight excluding hydrogens is 368 g/mol. The molecule has 2 fully saturated rings. The highest BCUT2D eigenvalue weighted by Crippen LogP contribution is 2.25. The molecule has 3 rings (SSSR count). The molecule has 0 bridgehead atoms. The molecule has 0 spiro atoms. The number of rotatable bonds is 6. The lowest BCUT2D eigenvalue weighted by atomic mass is 10.1. The summed E-state index contributed by atoms with van der Waals surface area (Å²) in [6.07, 6.45) is 3.75. The van der Waals surface area contributed by atoms with Gasteiger partial charge in [-0.1, -0.05) is 43.2 Å². The third-order valence-electron chi connectivity index (χ3n) is 5.20. The monoisotopic (exact) mass is 394 g/mol. The third-order valence-corrected chi connectivity index (χ3v) is 7.05. The number of piperazine rings is 1. The minimum atomic E-state index is -3.41. The lowest BCUT2D eigenvalue weighted by molar-refractivity contribution is -0.155. The summed E-state index contributed by atoms with van der Waals surface area (Å²) in [5.74, 6) is -0.662. The molecule has 8 heteroatoms. The molecule has 1 aromatic carbocycles. The molecule has 2 aliphatic rings. The van der Waals surface area contributed by atoms with Crippen molar-refractivity contribution in [1.29, 1.82) is 0 Å². The lowest BCUT2D eigenvalue weighted by Gasteiger charge is -2.34. The number of carbonyl (C=O) groups is 2. The van der Waals surface area contributed by atoms with Gasteiger partial charge in [0.25, 0.3) is 5.91 Å². The van der Waals surface area contributed by atoms with E-state index in [9.17, 15) is 18.0 Å². The van der Waals surface area contributed by atoms with E-state index in [1.807, 2.05) is 18.2 Å². The normalized spacial score (nSPS) is 19.2. The van der Waals surface area contributed by atoms with Gasteiger partial charge in [0, 0.05) is 26.2 Å². The van der Waals surface area contributed by atoms with Crippen LogP contribution < -0.4 is 0 Å². The summed E-state index contributed by atoms with van der Waals surface area (Å²) in [5.41, 5.74) is 0.745. The first kappa shape index (κ1) is 19.8. The average Bonchev–Trinajstić information content (AvgIpc) is 3.21. The maximum atomic E-state index is 12.5. The van der Waals surface area contributed by atoms with Crippen molar-refractivity contribution >= 4 is 21.9 Å². The molecule has 0 atom stereocenters. The molecule has 1 aromatic rings. The van der Waals surface area contributed by atoms with Gasteiger partial charge in [0.1, 0.15) is 0 Å². The Kier molecular flexibility index (Phi) is 6.49. The fourth-order valence-electron chi connectivity index (χ4n) is 3.60. The van der Waals surface area contributed by atoms with Gasteiger partial charge < -0.3 is 9.64 Å². The Morgan fingerprint density at radius 1 is 1.00 bits per heavy atom. The summed E-state index contributed by atoms with van der Waals surface area (Å²) in [7, 11) is -3.41. The summed E-state index contributed by atoms with van der Waals surface area (Å²) in [4.78, 5) is 25.7. The van der Waals surface area contributed by atoms with E-state index in [0.717, 1.165) is 31.2 Å². The molecule has 1 saturated heterocycles. The van der Waals surface area contributed by atoms with Crippen LogP contribution in [0, 0.1) is 5.92 Å². The number of hydrogen-bond donors (Lipinski definition) is 0. The van der Waals surface area contributed by atoms with Crippen LogP contribution in [0.2, 0.25) is 0 Å². The summed E-state index contributed by atoms with van der Waals surface area (Å²) < 4.78 is 31.7. The Morgan fingerprint density at radius 3 is 2.26 bits per heavy atom. The highest BCUT2D eigenvalue weighted by Gasteiger charge is 2.30. The number of amides is 1. The number of carbonyl (C=O) groups excluding carboxylic acids is 2. The second-order valence-electron chi connectivity index (χ2n) is 7.11. The fraction of sp³-hybridized carbons (Fsp3) is 0.579. The quantitative estimate of drug-likeness (QED) is 0.681. The van der Waals surface area contributed by atoms with Gasteiger partial charge in [-0.2, -0.15) is 4.31 Å². The smallest absolute Gasteiger partial charge is 0.309 e. The van der Waals surface area contributed by atoms with Gasteiger partial charge in [-0.05, 0) is 18.4 Å². The van der Waals surface area contributed by atoms with E-state index < -0.39 is 10.0 Å². The largest absolute Gasteiger partial charge is 0.455 e. The number of nitrogens with zero attached hydrogens (tertiary/aromatic N) is 2. The second-order valence-corrected chi connectivity index (χ2v) is 9.08. The Hall–Kier alpha value is -1.93. The highest BCUT2D eigenvalue weighted by molar-refractivity contribution is 7.88. The molecule has 0 aromatic heterocycles. The average molecular weight is 394 g/mol. The van der Waals surface area contributed by atoms with Crippen molar-refractivity contribution in [2.75, 3.05) is 32.8 Å². The van der Waals surface area contributed by atoms with E-state index in [0.29, 0.717) is 13.1 Å². The van der Waals surface area contributed by atoms with Crippen molar-refractivity contribution < 1.29 is 22.7 Å². The summed E-state index contributed by atoms with van der Waals surface area (Å²) in [6, 6.07) is 9.05. The van der Waals surface area contributed by atoms with Crippen molar-refractivity contribution in [3.05, 3.63) is 35.9 Å². The Bertz CT molecular complexity index is 752. The molecule has 0 radical (unpaired) electrons. The minimum absolute atomic E-state index is 0.0409. The molecule has 1 aliphatic heterocycles. The van der Waals surface area contributed by atoms with E-state index in [2.05, 4.69) is 0 Å². The standard InChI is InChI=1S/C19H26N2O5S/c22-18(14-26-19(23)17-8-4-5-9-17)20-10-12-21(13-11-20)27(24,25)15-16-6-2-1-3-7-16/h1-3,6-7,17H,4-5,8-15H2. The van der Waals surface area contributed by atoms with Crippen molar-refractivity contribution in [1.82, 2.24) is 9.21 Å². The maximum Gasteiger partial charge on any atom is 0.309 e. The van der Waals surface area contributed by atoms with Gasteiger partial charge in [-0.15, -0.1) is 0 Å². The third kappa shape index (κ3) is 5.29. The van der Waals surface area contributed by atoms with Gasteiger partial charge in [-0.25, -0.2) is 8.42 Å². The molecular formula is C19H26N2O5S. The molecule has 0 N–H and O–H groups in total. The van der Waals surface area contributed by atoms with Crippen LogP contribution in [0.4, 0.5) is 0 Å². The molecule has 1 amide bonds.